The van der Waals surface area contributed by atoms with E-state index in [0.29, 0.717) is 11.4 Å². The van der Waals surface area contributed by atoms with Crippen LogP contribution in [0.4, 0.5) is 5.69 Å². The van der Waals surface area contributed by atoms with Crippen LogP contribution in [0.5, 0.6) is 0 Å². The average Bonchev–Trinajstić information content (AvgIpc) is 2.97. The fraction of sp³-hybridized carbons (Fsp3) is 0.211. The SMILES string of the molecule is CC(C)CC(=O)NC(=S)Nc1ccc(-c2nc3ccccc3s2)c(Cl)c1. The van der Waals surface area contributed by atoms with Crippen LogP contribution in [0, 0.1) is 5.92 Å². The average molecular weight is 404 g/mol. The Bertz CT molecular complexity index is 935. The van der Waals surface area contributed by atoms with Crippen molar-refractivity contribution in [3.05, 3.63) is 47.5 Å². The van der Waals surface area contributed by atoms with E-state index < -0.39 is 0 Å². The molecule has 0 aliphatic carbocycles. The lowest BCUT2D eigenvalue weighted by Crippen LogP contribution is -2.34. The van der Waals surface area contributed by atoms with Crippen molar-refractivity contribution in [1.82, 2.24) is 10.3 Å². The fourth-order valence-corrected chi connectivity index (χ4v) is 4.03. The molecular weight excluding hydrogens is 386 g/mol. The third-order valence-electron chi connectivity index (χ3n) is 3.60. The zero-order valence-electron chi connectivity index (χ0n) is 14.4. The Hall–Kier alpha value is -2.02. The van der Waals surface area contributed by atoms with Crippen LogP contribution in [0.3, 0.4) is 0 Å². The minimum absolute atomic E-state index is 0.102. The second-order valence-electron chi connectivity index (χ2n) is 6.28. The van der Waals surface area contributed by atoms with Gasteiger partial charge in [0.15, 0.2) is 5.11 Å². The Labute approximate surface area is 166 Å². The maximum atomic E-state index is 11.8. The number of anilines is 1. The first-order chi connectivity index (χ1) is 12.4. The van der Waals surface area contributed by atoms with E-state index in [2.05, 4.69) is 15.6 Å². The quantitative estimate of drug-likeness (QED) is 0.566. The first kappa shape index (κ1) is 18.8. The van der Waals surface area contributed by atoms with E-state index in [4.69, 9.17) is 23.8 Å². The Morgan fingerprint density at radius 3 is 2.73 bits per heavy atom. The molecule has 0 radical (unpaired) electrons. The number of thiocarbonyl (C=S) groups is 1. The van der Waals surface area contributed by atoms with Gasteiger partial charge in [-0.2, -0.15) is 0 Å². The van der Waals surface area contributed by atoms with Crippen LogP contribution < -0.4 is 10.6 Å². The third-order valence-corrected chi connectivity index (χ3v) is 5.18. The number of nitrogens with zero attached hydrogens (tertiary/aromatic N) is 1. The molecule has 2 N–H and O–H groups in total. The van der Waals surface area contributed by atoms with Crippen molar-refractivity contribution in [2.45, 2.75) is 20.3 Å². The molecule has 0 aliphatic heterocycles. The Morgan fingerprint density at radius 1 is 1.27 bits per heavy atom. The van der Waals surface area contributed by atoms with Crippen LogP contribution in [-0.2, 0) is 4.79 Å². The molecule has 0 aliphatic rings. The molecule has 0 atom stereocenters. The highest BCUT2D eigenvalue weighted by Gasteiger charge is 2.12. The van der Waals surface area contributed by atoms with Crippen molar-refractivity contribution < 1.29 is 4.79 Å². The molecule has 0 unspecified atom stereocenters. The Balaban J connectivity index is 1.73. The zero-order valence-corrected chi connectivity index (χ0v) is 16.8. The number of para-hydroxylation sites is 1. The van der Waals surface area contributed by atoms with Gasteiger partial charge in [0.05, 0.1) is 15.2 Å². The highest BCUT2D eigenvalue weighted by Crippen LogP contribution is 2.35. The van der Waals surface area contributed by atoms with Gasteiger partial charge in [-0.1, -0.05) is 37.6 Å². The van der Waals surface area contributed by atoms with E-state index in [0.717, 1.165) is 26.5 Å². The maximum Gasteiger partial charge on any atom is 0.226 e. The fourth-order valence-electron chi connectivity index (χ4n) is 2.46. The summed E-state index contributed by atoms with van der Waals surface area (Å²) in [5, 5.41) is 7.37. The lowest BCUT2D eigenvalue weighted by molar-refractivity contribution is -0.120. The molecule has 1 heterocycles. The highest BCUT2D eigenvalue weighted by molar-refractivity contribution is 7.80. The first-order valence-corrected chi connectivity index (χ1v) is 9.79. The molecule has 0 spiro atoms. The molecule has 3 aromatic rings. The van der Waals surface area contributed by atoms with Crippen LogP contribution in [0.25, 0.3) is 20.8 Å². The largest absolute Gasteiger partial charge is 0.332 e. The summed E-state index contributed by atoms with van der Waals surface area (Å²) < 4.78 is 1.12. The van der Waals surface area contributed by atoms with Crippen LogP contribution in [0.15, 0.2) is 42.5 Å². The van der Waals surface area contributed by atoms with Crippen molar-refractivity contribution in [3.8, 4) is 10.6 Å². The van der Waals surface area contributed by atoms with Gasteiger partial charge < -0.3 is 10.6 Å². The van der Waals surface area contributed by atoms with Crippen LogP contribution in [0.2, 0.25) is 5.02 Å². The normalized spacial score (nSPS) is 10.9. The molecule has 4 nitrogen and oxygen atoms in total. The molecule has 26 heavy (non-hydrogen) atoms. The summed E-state index contributed by atoms with van der Waals surface area (Å²) in [5.74, 6) is 0.176. The number of amides is 1. The van der Waals surface area contributed by atoms with Gasteiger partial charge in [0, 0.05) is 17.7 Å². The number of hydrogen-bond donors (Lipinski definition) is 2. The maximum absolute atomic E-state index is 11.8. The van der Waals surface area contributed by atoms with E-state index >= 15 is 0 Å². The first-order valence-electron chi connectivity index (χ1n) is 8.18. The van der Waals surface area contributed by atoms with E-state index in [1.54, 1.807) is 17.4 Å². The number of rotatable bonds is 4. The number of halogens is 1. The highest BCUT2D eigenvalue weighted by atomic mass is 35.5. The summed E-state index contributed by atoms with van der Waals surface area (Å²) in [4.78, 5) is 16.4. The molecule has 1 amide bonds. The Kier molecular flexibility index (Phi) is 5.86. The Morgan fingerprint density at radius 2 is 2.04 bits per heavy atom. The smallest absolute Gasteiger partial charge is 0.226 e. The van der Waals surface area contributed by atoms with Gasteiger partial charge in [-0.25, -0.2) is 4.98 Å². The molecule has 7 heteroatoms. The molecule has 134 valence electrons. The summed E-state index contributed by atoms with van der Waals surface area (Å²) in [7, 11) is 0. The van der Waals surface area contributed by atoms with Crippen molar-refractivity contribution in [2.24, 2.45) is 5.92 Å². The van der Waals surface area contributed by atoms with E-state index in [1.165, 1.54) is 0 Å². The molecule has 0 saturated carbocycles. The van der Waals surface area contributed by atoms with Crippen molar-refractivity contribution in [1.29, 1.82) is 0 Å². The second kappa shape index (κ2) is 8.12. The van der Waals surface area contributed by atoms with Gasteiger partial charge in [0.1, 0.15) is 5.01 Å². The van der Waals surface area contributed by atoms with Gasteiger partial charge in [0.25, 0.3) is 0 Å². The number of carbonyl (C=O) groups excluding carboxylic acids is 1. The molecule has 0 bridgehead atoms. The molecule has 0 saturated heterocycles. The second-order valence-corrected chi connectivity index (χ2v) is 8.13. The zero-order chi connectivity index (χ0) is 18.7. The van der Waals surface area contributed by atoms with Crippen LogP contribution in [-0.4, -0.2) is 16.0 Å². The summed E-state index contributed by atoms with van der Waals surface area (Å²) in [6.07, 6.45) is 0.430. The number of thiazole rings is 1. The third kappa shape index (κ3) is 4.58. The van der Waals surface area contributed by atoms with Gasteiger partial charge in [-0.3, -0.25) is 4.79 Å². The molecule has 1 aromatic heterocycles. The minimum atomic E-state index is -0.102. The van der Waals surface area contributed by atoms with E-state index in [-0.39, 0.29) is 16.9 Å². The minimum Gasteiger partial charge on any atom is -0.332 e. The number of hydrogen-bond acceptors (Lipinski definition) is 4. The lowest BCUT2D eigenvalue weighted by Gasteiger charge is -2.11. The van der Waals surface area contributed by atoms with Gasteiger partial charge >= 0.3 is 0 Å². The molecule has 0 fully saturated rings. The number of carbonyl (C=O) groups is 1. The predicted molar refractivity (Wildman–Crippen MR) is 114 cm³/mol. The predicted octanol–water partition coefficient (Wildman–Crippen LogP) is 5.48. The van der Waals surface area contributed by atoms with Gasteiger partial charge in [-0.15, -0.1) is 11.3 Å². The number of nitrogens with one attached hydrogen (secondary N) is 2. The van der Waals surface area contributed by atoms with E-state index in [9.17, 15) is 4.79 Å². The van der Waals surface area contributed by atoms with Crippen LogP contribution >= 0.6 is 35.2 Å². The monoisotopic (exact) mass is 403 g/mol. The molecule has 2 aromatic carbocycles. The lowest BCUT2D eigenvalue weighted by atomic mass is 10.1. The summed E-state index contributed by atoms with van der Waals surface area (Å²) in [6.45, 7) is 3.97. The van der Waals surface area contributed by atoms with Gasteiger partial charge in [-0.05, 0) is 48.5 Å². The van der Waals surface area contributed by atoms with Crippen molar-refractivity contribution >= 4 is 62.1 Å². The molecular formula is C19H18ClN3OS2. The number of fused-ring (bicyclic) bond motifs is 1. The van der Waals surface area contributed by atoms with E-state index in [1.807, 2.05) is 50.2 Å². The molecule has 3 rings (SSSR count). The summed E-state index contributed by atoms with van der Waals surface area (Å²) >= 11 is 13.2. The van der Waals surface area contributed by atoms with Crippen molar-refractivity contribution in [3.63, 3.8) is 0 Å². The summed E-state index contributed by atoms with van der Waals surface area (Å²) in [6, 6.07) is 13.5. The number of aromatic nitrogens is 1. The van der Waals surface area contributed by atoms with Crippen LogP contribution in [0.1, 0.15) is 20.3 Å². The van der Waals surface area contributed by atoms with Crippen molar-refractivity contribution in [2.75, 3.05) is 5.32 Å². The van der Waals surface area contributed by atoms with Gasteiger partial charge in [0.2, 0.25) is 5.91 Å². The topological polar surface area (TPSA) is 54.0 Å². The number of benzene rings is 2. The standard InChI is InChI=1S/C19H18ClN3OS2/c1-11(2)9-17(24)23-19(25)21-12-7-8-13(14(20)10-12)18-22-15-5-3-4-6-16(15)26-18/h3-8,10-11H,9H2,1-2H3,(H2,21,23,24,25). The summed E-state index contributed by atoms with van der Waals surface area (Å²) in [5.41, 5.74) is 2.54.